The summed E-state index contributed by atoms with van der Waals surface area (Å²) in [7, 11) is -3.33. The van der Waals surface area contributed by atoms with Crippen molar-refractivity contribution < 1.29 is 79.0 Å². The second-order valence-electron chi connectivity index (χ2n) is 11.3. The van der Waals surface area contributed by atoms with E-state index in [9.17, 15) is 28.0 Å². The second-order valence-corrected chi connectivity index (χ2v) is 14.2. The van der Waals surface area contributed by atoms with Gasteiger partial charge >= 0.3 is 0 Å². The van der Waals surface area contributed by atoms with Crippen LogP contribution >= 0.6 is 24.1 Å². The summed E-state index contributed by atoms with van der Waals surface area (Å²) in [6.45, 7) is 0. The standard InChI is InChI=1S/C34H26N6O13S3.Cu/c1-49-29-16-26(28(41)15-27(29)39-37-22-7-8-24-18(11-22)12-23(54-52-50-44)14-31(24)56(46,47)48)38-40-32-30(55-53-51-45)13-19-10-21(6-9-25(19)33(32)42)36-34(43)17-2-4-20(35)5-3-17;/h2-16,41-42,44-45H,35H2,1H3,(H,36,43)(H,46,47,48);. The van der Waals surface area contributed by atoms with Crippen molar-refractivity contribution >= 4 is 95.8 Å². The number of methoxy groups -OCH3 is 1. The Morgan fingerprint density at radius 1 is 0.772 bits per heavy atom. The molecule has 0 spiro atoms. The van der Waals surface area contributed by atoms with Crippen molar-refractivity contribution in [1.29, 1.82) is 0 Å². The van der Waals surface area contributed by atoms with Gasteiger partial charge in [-0.2, -0.15) is 13.5 Å². The zero-order valence-corrected chi connectivity index (χ0v) is 31.9. The number of benzene rings is 6. The fourth-order valence-corrected chi connectivity index (χ4v) is 7.00. The Hall–Kier alpha value is -5.40. The number of phenolic OH excluding ortho intramolecular Hbond substituents is 2. The molecule has 0 aliphatic rings. The van der Waals surface area contributed by atoms with E-state index >= 15 is 0 Å². The van der Waals surface area contributed by atoms with Crippen LogP contribution in [0.4, 0.5) is 34.1 Å². The number of amides is 1. The summed E-state index contributed by atoms with van der Waals surface area (Å²) in [6.07, 6.45) is 0. The van der Waals surface area contributed by atoms with Crippen LogP contribution in [0.15, 0.2) is 126 Å². The predicted molar refractivity (Wildman–Crippen MR) is 203 cm³/mol. The number of ether oxygens (including phenoxy) is 1. The Bertz CT molecular complexity index is 2640. The number of hydrogen-bond acceptors (Lipinski definition) is 19. The molecule has 0 aromatic heterocycles. The fraction of sp³-hybridized carbons (Fsp3) is 0.0294. The first-order valence-electron chi connectivity index (χ1n) is 15.4. The molecule has 0 heterocycles. The molecule has 23 heteroatoms. The molecule has 1 amide bonds. The van der Waals surface area contributed by atoms with E-state index in [0.717, 1.165) is 6.07 Å². The van der Waals surface area contributed by atoms with E-state index in [-0.39, 0.29) is 66.5 Å². The molecule has 0 saturated carbocycles. The molecule has 19 nitrogen and oxygen atoms in total. The molecule has 6 aromatic rings. The van der Waals surface area contributed by atoms with Gasteiger partial charge in [0.2, 0.25) is 0 Å². The van der Waals surface area contributed by atoms with Gasteiger partial charge in [0.1, 0.15) is 33.5 Å². The van der Waals surface area contributed by atoms with E-state index in [2.05, 4.69) is 44.5 Å². The molecule has 0 aliphatic heterocycles. The Labute approximate surface area is 340 Å². The molecule has 0 bridgehead atoms. The van der Waals surface area contributed by atoms with Gasteiger partial charge in [0, 0.05) is 61.8 Å². The Morgan fingerprint density at radius 2 is 1.46 bits per heavy atom. The van der Waals surface area contributed by atoms with Gasteiger partial charge in [0.15, 0.2) is 5.75 Å². The SMILES string of the molecule is COc1cc(N=Nc2c(SOOO)cc3cc(NC(=O)c4ccc(N)cc4)ccc3c2O)c(O)cc1N=Nc1ccc2c(S(=O)(=O)O)cc(SOOO)cc2c1.[Cu]. The smallest absolute Gasteiger partial charge is 0.295 e. The second kappa shape index (κ2) is 18.7. The number of anilines is 2. The minimum absolute atomic E-state index is 0. The van der Waals surface area contributed by atoms with E-state index in [1.54, 1.807) is 42.5 Å². The molecule has 0 saturated heterocycles. The number of phenols is 2. The maximum Gasteiger partial charge on any atom is 0.295 e. The molecule has 299 valence electrons. The molecule has 0 atom stereocenters. The number of nitrogen functional groups attached to an aromatic ring is 1. The number of nitrogens with two attached hydrogens (primary N) is 1. The maximum atomic E-state index is 12.7. The van der Waals surface area contributed by atoms with E-state index in [1.165, 1.54) is 49.6 Å². The number of rotatable bonds is 14. The van der Waals surface area contributed by atoms with Crippen LogP contribution in [-0.4, -0.2) is 46.7 Å². The molecular weight excluding hydrogens is 860 g/mol. The van der Waals surface area contributed by atoms with Crippen LogP contribution in [0.25, 0.3) is 21.5 Å². The van der Waals surface area contributed by atoms with Crippen LogP contribution in [-0.2, 0) is 45.9 Å². The van der Waals surface area contributed by atoms with Crippen molar-refractivity contribution in [2.75, 3.05) is 18.2 Å². The molecule has 8 N–H and O–H groups in total. The van der Waals surface area contributed by atoms with E-state index in [1.807, 2.05) is 0 Å². The van der Waals surface area contributed by atoms with Crippen molar-refractivity contribution in [3.8, 4) is 17.2 Å². The molecule has 6 aromatic carbocycles. The topological polar surface area (TPSA) is 286 Å². The summed E-state index contributed by atoms with van der Waals surface area (Å²) in [4.78, 5) is 12.6. The van der Waals surface area contributed by atoms with Crippen LogP contribution in [0.1, 0.15) is 10.4 Å². The van der Waals surface area contributed by atoms with Gasteiger partial charge in [-0.3, -0.25) is 9.35 Å². The van der Waals surface area contributed by atoms with E-state index < -0.39 is 26.7 Å². The molecule has 1 radical (unpaired) electrons. The first-order valence-corrected chi connectivity index (χ1v) is 18.4. The van der Waals surface area contributed by atoms with Crippen LogP contribution in [0.2, 0.25) is 0 Å². The molecule has 0 aliphatic carbocycles. The summed E-state index contributed by atoms with van der Waals surface area (Å²) >= 11 is 0.974. The van der Waals surface area contributed by atoms with Crippen molar-refractivity contribution in [3.63, 3.8) is 0 Å². The normalized spacial score (nSPS) is 11.7. The average Bonchev–Trinajstić information content (AvgIpc) is 3.17. The Balaban J connectivity index is 0.00000620. The van der Waals surface area contributed by atoms with Gasteiger partial charge in [-0.15, -0.1) is 24.0 Å². The zero-order valence-electron chi connectivity index (χ0n) is 28.6. The van der Waals surface area contributed by atoms with Gasteiger partial charge in [0.05, 0.1) is 41.8 Å². The Morgan fingerprint density at radius 3 is 2.16 bits per heavy atom. The third kappa shape index (κ3) is 10.1. The number of carbonyl (C=O) groups is 1. The molecule has 0 fully saturated rings. The average molecular weight is 886 g/mol. The van der Waals surface area contributed by atoms with Gasteiger partial charge in [-0.05, 0) is 83.6 Å². The predicted octanol–water partition coefficient (Wildman–Crippen LogP) is 9.18. The first kappa shape index (κ1) is 42.7. The number of azo groups is 2. The van der Waals surface area contributed by atoms with Crippen molar-refractivity contribution in [1.82, 2.24) is 0 Å². The number of nitrogens with one attached hydrogen (secondary N) is 1. The van der Waals surface area contributed by atoms with Gasteiger partial charge < -0.3 is 26.0 Å². The number of fused-ring (bicyclic) bond motifs is 2. The quantitative estimate of drug-likeness (QED) is 0.0102. The van der Waals surface area contributed by atoms with Gasteiger partial charge in [-0.25, -0.2) is 10.5 Å². The Kier molecular flexibility index (Phi) is 14.0. The molecule has 0 unspecified atom stereocenters. The third-order valence-corrected chi connectivity index (χ3v) is 9.82. The summed E-state index contributed by atoms with van der Waals surface area (Å²) in [5.41, 5.74) is 7.02. The number of carbonyl (C=O) groups excluding carboxylic acids is 1. The number of aromatic hydroxyl groups is 2. The summed E-state index contributed by atoms with van der Waals surface area (Å²) in [5.74, 6) is -1.08. The van der Waals surface area contributed by atoms with Crippen LogP contribution in [0, 0.1) is 0 Å². The van der Waals surface area contributed by atoms with Crippen molar-refractivity contribution in [2.24, 2.45) is 20.5 Å². The summed E-state index contributed by atoms with van der Waals surface area (Å²) < 4.78 is 48.2. The minimum atomic E-state index is -4.66. The fourth-order valence-electron chi connectivity index (χ4n) is 5.24. The van der Waals surface area contributed by atoms with E-state index in [0.29, 0.717) is 57.2 Å². The first-order chi connectivity index (χ1) is 26.9. The summed E-state index contributed by atoms with van der Waals surface area (Å²) in [6, 6.07) is 22.0. The van der Waals surface area contributed by atoms with Crippen LogP contribution < -0.4 is 15.8 Å². The van der Waals surface area contributed by atoms with Gasteiger partial charge in [-0.1, -0.05) is 16.1 Å². The molecule has 57 heavy (non-hydrogen) atoms. The maximum absolute atomic E-state index is 12.7. The molecular formula is C34H26CuN6O13S3. The third-order valence-electron chi connectivity index (χ3n) is 7.75. The number of hydrogen-bond donors (Lipinski definition) is 7. The molecule has 6 rings (SSSR count). The largest absolute Gasteiger partial charge is 0.506 e. The van der Waals surface area contributed by atoms with Gasteiger partial charge in [0.25, 0.3) is 16.0 Å². The van der Waals surface area contributed by atoms with Crippen molar-refractivity contribution in [2.45, 2.75) is 14.7 Å². The zero-order chi connectivity index (χ0) is 40.0. The van der Waals surface area contributed by atoms with Crippen LogP contribution in [0.3, 0.4) is 0 Å². The monoisotopic (exact) mass is 885 g/mol. The van der Waals surface area contributed by atoms with E-state index in [4.69, 9.17) is 21.0 Å². The van der Waals surface area contributed by atoms with Crippen LogP contribution in [0.5, 0.6) is 17.2 Å². The summed E-state index contributed by atoms with van der Waals surface area (Å²) in [5, 5.41) is 67.2. The minimum Gasteiger partial charge on any atom is -0.506 e. The van der Waals surface area contributed by atoms with Crippen molar-refractivity contribution in [3.05, 3.63) is 96.6 Å². The number of nitrogens with zero attached hydrogens (tertiary/aromatic N) is 4.